The van der Waals surface area contributed by atoms with Gasteiger partial charge in [0.1, 0.15) is 5.75 Å². The zero-order chi connectivity index (χ0) is 11.3. The minimum Gasteiger partial charge on any atom is -0.508 e. The minimum absolute atomic E-state index is 0.178. The van der Waals surface area contributed by atoms with Crippen molar-refractivity contribution in [3.8, 4) is 5.75 Å². The van der Waals surface area contributed by atoms with Crippen molar-refractivity contribution >= 4 is 5.97 Å². The Hall–Kier alpha value is -1.51. The summed E-state index contributed by atoms with van der Waals surface area (Å²) in [4.78, 5) is 11.4. The summed E-state index contributed by atoms with van der Waals surface area (Å²) in [5, 5.41) is 9.56. The Labute approximate surface area is 89.7 Å². The number of phenols is 1. The van der Waals surface area contributed by atoms with E-state index in [1.54, 1.807) is 12.1 Å². The summed E-state index contributed by atoms with van der Waals surface area (Å²) < 4.78 is 4.69. The first-order valence-electron chi connectivity index (χ1n) is 5.03. The number of rotatable bonds is 4. The molecule has 1 aromatic carbocycles. The van der Waals surface area contributed by atoms with Gasteiger partial charge in [-0.3, -0.25) is 4.79 Å². The summed E-state index contributed by atoms with van der Waals surface area (Å²) in [5.41, 5.74) is 0.787. The maximum absolute atomic E-state index is 11.4. The number of aromatic hydroxyl groups is 1. The van der Waals surface area contributed by atoms with Crippen LogP contribution in [0.2, 0.25) is 0 Å². The molecular formula is C12H16O3. The summed E-state index contributed by atoms with van der Waals surface area (Å²) in [6, 6.07) is 7.05. The lowest BCUT2D eigenvalue weighted by Crippen LogP contribution is -2.17. The molecule has 0 aliphatic rings. The van der Waals surface area contributed by atoms with E-state index in [2.05, 4.69) is 0 Å². The molecule has 1 rings (SSSR count). The van der Waals surface area contributed by atoms with Crippen LogP contribution in [-0.2, 0) is 16.0 Å². The lowest BCUT2D eigenvalue weighted by atomic mass is 9.96. The molecule has 0 aromatic heterocycles. The number of ether oxygens (including phenoxy) is 1. The van der Waals surface area contributed by atoms with Crippen molar-refractivity contribution in [2.24, 2.45) is 5.92 Å². The molecule has 3 heteroatoms. The Kier molecular flexibility index (Phi) is 4.16. The van der Waals surface area contributed by atoms with E-state index in [-0.39, 0.29) is 17.6 Å². The Morgan fingerprint density at radius 3 is 2.67 bits per heavy atom. The first kappa shape index (κ1) is 11.6. The Morgan fingerprint density at radius 2 is 2.13 bits per heavy atom. The van der Waals surface area contributed by atoms with Gasteiger partial charge in [-0.1, -0.05) is 25.1 Å². The predicted octanol–water partition coefficient (Wildman–Crippen LogP) is 2.13. The zero-order valence-corrected chi connectivity index (χ0v) is 9.06. The summed E-state index contributed by atoms with van der Waals surface area (Å²) in [5.74, 6) is -0.163. The van der Waals surface area contributed by atoms with Crippen molar-refractivity contribution < 1.29 is 14.6 Å². The van der Waals surface area contributed by atoms with Crippen molar-refractivity contribution in [2.45, 2.75) is 19.8 Å². The molecule has 0 heterocycles. The first-order valence-corrected chi connectivity index (χ1v) is 5.03. The van der Waals surface area contributed by atoms with Crippen LogP contribution >= 0.6 is 0 Å². The van der Waals surface area contributed by atoms with Crippen LogP contribution in [0.15, 0.2) is 24.3 Å². The van der Waals surface area contributed by atoms with Crippen molar-refractivity contribution in [1.29, 1.82) is 0 Å². The highest BCUT2D eigenvalue weighted by molar-refractivity contribution is 5.72. The Bertz CT molecular complexity index is 333. The second kappa shape index (κ2) is 5.39. The van der Waals surface area contributed by atoms with Crippen LogP contribution < -0.4 is 0 Å². The molecule has 3 nitrogen and oxygen atoms in total. The average molecular weight is 208 g/mol. The number of hydrogen-bond acceptors (Lipinski definition) is 3. The highest BCUT2D eigenvalue weighted by Crippen LogP contribution is 2.21. The van der Waals surface area contributed by atoms with Crippen molar-refractivity contribution in [3.63, 3.8) is 0 Å². The molecule has 0 amide bonds. The molecule has 1 N–H and O–H groups in total. The van der Waals surface area contributed by atoms with Crippen molar-refractivity contribution in [2.75, 3.05) is 7.11 Å². The fourth-order valence-electron chi connectivity index (χ4n) is 1.51. The molecule has 0 spiro atoms. The molecule has 1 aromatic rings. The standard InChI is InChI=1S/C12H16O3/c1-3-9(12(14)15-2)8-10-6-4-5-7-11(10)13/h4-7,9,13H,3,8H2,1-2H3. The molecule has 15 heavy (non-hydrogen) atoms. The number of para-hydroxylation sites is 1. The molecule has 0 aliphatic carbocycles. The number of carbonyl (C=O) groups is 1. The van der Waals surface area contributed by atoms with Gasteiger partial charge in [0.15, 0.2) is 0 Å². The lowest BCUT2D eigenvalue weighted by molar-refractivity contribution is -0.145. The van der Waals surface area contributed by atoms with Crippen LogP contribution in [0.1, 0.15) is 18.9 Å². The van der Waals surface area contributed by atoms with E-state index in [1.807, 2.05) is 19.1 Å². The molecule has 82 valence electrons. The molecule has 1 atom stereocenters. The van der Waals surface area contributed by atoms with Gasteiger partial charge in [0.2, 0.25) is 0 Å². The monoisotopic (exact) mass is 208 g/mol. The van der Waals surface area contributed by atoms with E-state index in [1.165, 1.54) is 7.11 Å². The van der Waals surface area contributed by atoms with Gasteiger partial charge in [-0.2, -0.15) is 0 Å². The maximum atomic E-state index is 11.4. The van der Waals surface area contributed by atoms with E-state index in [0.29, 0.717) is 12.8 Å². The molecule has 0 fully saturated rings. The molecular weight excluding hydrogens is 192 g/mol. The van der Waals surface area contributed by atoms with Gasteiger partial charge in [0.05, 0.1) is 13.0 Å². The normalized spacial score (nSPS) is 12.1. The third-order valence-electron chi connectivity index (χ3n) is 2.49. The van der Waals surface area contributed by atoms with Gasteiger partial charge in [-0.05, 0) is 24.5 Å². The molecule has 1 unspecified atom stereocenters. The van der Waals surface area contributed by atoms with Gasteiger partial charge in [0, 0.05) is 0 Å². The molecule has 0 saturated carbocycles. The van der Waals surface area contributed by atoms with Gasteiger partial charge in [-0.25, -0.2) is 0 Å². The van der Waals surface area contributed by atoms with Crippen LogP contribution in [-0.4, -0.2) is 18.2 Å². The fraction of sp³-hybridized carbons (Fsp3) is 0.417. The molecule has 0 bridgehead atoms. The number of esters is 1. The van der Waals surface area contributed by atoms with E-state index in [0.717, 1.165) is 5.56 Å². The highest BCUT2D eigenvalue weighted by Gasteiger charge is 2.18. The number of carbonyl (C=O) groups excluding carboxylic acids is 1. The second-order valence-corrected chi connectivity index (χ2v) is 3.46. The average Bonchev–Trinajstić information content (AvgIpc) is 2.27. The molecule has 0 saturated heterocycles. The number of phenolic OH excluding ortho intramolecular Hbond substituents is 1. The zero-order valence-electron chi connectivity index (χ0n) is 9.06. The quantitative estimate of drug-likeness (QED) is 0.771. The largest absolute Gasteiger partial charge is 0.508 e. The SMILES string of the molecule is CCC(Cc1ccccc1O)C(=O)OC. The summed E-state index contributed by atoms with van der Waals surface area (Å²) in [7, 11) is 1.38. The topological polar surface area (TPSA) is 46.5 Å². The van der Waals surface area contributed by atoms with Crippen molar-refractivity contribution in [1.82, 2.24) is 0 Å². The fourth-order valence-corrected chi connectivity index (χ4v) is 1.51. The number of hydrogen-bond donors (Lipinski definition) is 1. The second-order valence-electron chi connectivity index (χ2n) is 3.46. The lowest BCUT2D eigenvalue weighted by Gasteiger charge is -2.12. The summed E-state index contributed by atoms with van der Waals surface area (Å²) in [6.07, 6.45) is 1.23. The van der Waals surface area contributed by atoms with E-state index < -0.39 is 0 Å². The summed E-state index contributed by atoms with van der Waals surface area (Å²) in [6.45, 7) is 1.93. The third-order valence-corrected chi connectivity index (χ3v) is 2.49. The third kappa shape index (κ3) is 2.98. The van der Waals surface area contributed by atoms with Crippen LogP contribution in [0.5, 0.6) is 5.75 Å². The maximum Gasteiger partial charge on any atom is 0.308 e. The minimum atomic E-state index is -0.222. The molecule has 0 radical (unpaired) electrons. The van der Waals surface area contributed by atoms with Gasteiger partial charge in [-0.15, -0.1) is 0 Å². The highest BCUT2D eigenvalue weighted by atomic mass is 16.5. The van der Waals surface area contributed by atoms with Crippen molar-refractivity contribution in [3.05, 3.63) is 29.8 Å². The Balaban J connectivity index is 2.75. The summed E-state index contributed by atoms with van der Waals surface area (Å²) >= 11 is 0. The van der Waals surface area contributed by atoms with Gasteiger partial charge >= 0.3 is 5.97 Å². The first-order chi connectivity index (χ1) is 7.19. The van der Waals surface area contributed by atoms with Gasteiger partial charge < -0.3 is 9.84 Å². The van der Waals surface area contributed by atoms with E-state index in [4.69, 9.17) is 4.74 Å². The Morgan fingerprint density at radius 1 is 1.47 bits per heavy atom. The van der Waals surface area contributed by atoms with Crippen LogP contribution in [0.4, 0.5) is 0 Å². The van der Waals surface area contributed by atoms with Gasteiger partial charge in [0.25, 0.3) is 0 Å². The predicted molar refractivity (Wildman–Crippen MR) is 57.6 cm³/mol. The van der Waals surface area contributed by atoms with Crippen LogP contribution in [0.3, 0.4) is 0 Å². The number of benzene rings is 1. The number of methoxy groups -OCH3 is 1. The van der Waals surface area contributed by atoms with E-state index in [9.17, 15) is 9.90 Å². The molecule has 0 aliphatic heterocycles. The van der Waals surface area contributed by atoms with E-state index >= 15 is 0 Å². The van der Waals surface area contributed by atoms with Crippen LogP contribution in [0, 0.1) is 5.92 Å². The smallest absolute Gasteiger partial charge is 0.308 e. The van der Waals surface area contributed by atoms with Crippen LogP contribution in [0.25, 0.3) is 0 Å².